The first-order valence-corrected chi connectivity index (χ1v) is 6.29. The lowest BCUT2D eigenvalue weighted by atomic mass is 10.2. The smallest absolute Gasteiger partial charge is 0.120 e. The Hall–Kier alpha value is -0.760. The lowest BCUT2D eigenvalue weighted by molar-refractivity contribution is -0.107. The predicted molar refractivity (Wildman–Crippen MR) is 70.1 cm³/mol. The van der Waals surface area contributed by atoms with Gasteiger partial charge in [-0.25, -0.2) is 0 Å². The van der Waals surface area contributed by atoms with Crippen LogP contribution in [0.25, 0.3) is 0 Å². The van der Waals surface area contributed by atoms with Crippen LogP contribution >= 0.6 is 11.8 Å². The van der Waals surface area contributed by atoms with Gasteiger partial charge >= 0.3 is 0 Å². The molecule has 0 aliphatic rings. The summed E-state index contributed by atoms with van der Waals surface area (Å²) < 4.78 is 0. The van der Waals surface area contributed by atoms with Gasteiger partial charge < -0.3 is 4.79 Å². The molecule has 0 heterocycles. The first-order valence-electron chi connectivity index (χ1n) is 5.31. The van der Waals surface area contributed by atoms with E-state index in [2.05, 4.69) is 32.1 Å². The largest absolute Gasteiger partial charge is 0.303 e. The van der Waals surface area contributed by atoms with Gasteiger partial charge in [-0.05, 0) is 36.8 Å². The molecule has 0 bridgehead atoms. The zero-order valence-electron chi connectivity index (χ0n) is 9.82. The fourth-order valence-electron chi connectivity index (χ4n) is 1.06. The maximum Gasteiger partial charge on any atom is 0.120 e. The molecule has 1 nitrogen and oxygen atoms in total. The van der Waals surface area contributed by atoms with E-state index >= 15 is 0 Å². The number of carbonyl (C=O) groups is 1. The Kier molecular flexibility index (Phi) is 9.29. The van der Waals surface area contributed by atoms with Gasteiger partial charge in [0.05, 0.1) is 0 Å². The molecule has 0 spiro atoms. The molecule has 0 N–H and O–H groups in total. The standard InChI is InChI=1S/C13H20OS/c1-4-6-8-13(5-2)11-12(3)15-10-7-9-14/h4,6,8-9,11H,5,7,10H2,1-3H3/b6-4-,12-11+,13-8-. The molecular weight excluding hydrogens is 204 g/mol. The maximum absolute atomic E-state index is 10.2. The van der Waals surface area contributed by atoms with Gasteiger partial charge in [0.15, 0.2) is 0 Å². The fourth-order valence-corrected chi connectivity index (χ4v) is 1.83. The van der Waals surface area contributed by atoms with Gasteiger partial charge in [-0.3, -0.25) is 0 Å². The quantitative estimate of drug-likeness (QED) is 0.367. The number of aldehydes is 1. The Labute approximate surface area is 97.3 Å². The molecular formula is C13H20OS. The van der Waals surface area contributed by atoms with Crippen molar-refractivity contribution in [1.29, 1.82) is 0 Å². The van der Waals surface area contributed by atoms with Crippen LogP contribution in [-0.2, 0) is 4.79 Å². The summed E-state index contributed by atoms with van der Waals surface area (Å²) in [5, 5.41) is 0. The van der Waals surface area contributed by atoms with Crippen molar-refractivity contribution in [1.82, 2.24) is 0 Å². The molecule has 0 aromatic carbocycles. The minimum absolute atomic E-state index is 0.635. The van der Waals surface area contributed by atoms with Crippen molar-refractivity contribution in [2.45, 2.75) is 33.6 Å². The Balaban J connectivity index is 4.22. The van der Waals surface area contributed by atoms with E-state index in [0.717, 1.165) is 18.5 Å². The molecule has 0 aliphatic carbocycles. The molecule has 0 aliphatic heterocycles. The summed E-state index contributed by atoms with van der Waals surface area (Å²) in [7, 11) is 0. The van der Waals surface area contributed by atoms with E-state index < -0.39 is 0 Å². The third kappa shape index (κ3) is 8.25. The molecule has 0 atom stereocenters. The lowest BCUT2D eigenvalue weighted by Gasteiger charge is -2.01. The van der Waals surface area contributed by atoms with Crippen LogP contribution in [0.2, 0.25) is 0 Å². The summed E-state index contributed by atoms with van der Waals surface area (Å²) in [4.78, 5) is 11.4. The van der Waals surface area contributed by atoms with E-state index in [1.54, 1.807) is 11.8 Å². The van der Waals surface area contributed by atoms with Crippen molar-refractivity contribution in [3.8, 4) is 0 Å². The number of hydrogen-bond acceptors (Lipinski definition) is 2. The van der Waals surface area contributed by atoms with E-state index in [1.807, 2.05) is 13.0 Å². The summed E-state index contributed by atoms with van der Waals surface area (Å²) in [6, 6.07) is 0. The minimum Gasteiger partial charge on any atom is -0.303 e. The average molecular weight is 224 g/mol. The van der Waals surface area contributed by atoms with Crippen LogP contribution in [0.5, 0.6) is 0 Å². The highest BCUT2D eigenvalue weighted by Crippen LogP contribution is 2.18. The first kappa shape index (κ1) is 14.2. The van der Waals surface area contributed by atoms with Crippen molar-refractivity contribution >= 4 is 18.0 Å². The average Bonchev–Trinajstić information content (AvgIpc) is 2.24. The maximum atomic E-state index is 10.2. The summed E-state index contributed by atoms with van der Waals surface area (Å²) >= 11 is 1.74. The third-order valence-electron chi connectivity index (χ3n) is 1.87. The summed E-state index contributed by atoms with van der Waals surface area (Å²) in [5.41, 5.74) is 1.32. The molecule has 0 saturated carbocycles. The highest BCUT2D eigenvalue weighted by atomic mass is 32.2. The van der Waals surface area contributed by atoms with Crippen molar-refractivity contribution in [2.24, 2.45) is 0 Å². The predicted octanol–water partition coefficient (Wildman–Crippen LogP) is 4.12. The zero-order chi connectivity index (χ0) is 11.5. The van der Waals surface area contributed by atoms with E-state index in [-0.39, 0.29) is 0 Å². The van der Waals surface area contributed by atoms with Gasteiger partial charge in [0.2, 0.25) is 0 Å². The van der Waals surface area contributed by atoms with Crippen molar-refractivity contribution in [3.05, 3.63) is 34.8 Å². The normalized spacial score (nSPS) is 13.5. The van der Waals surface area contributed by atoms with Gasteiger partial charge in [0.25, 0.3) is 0 Å². The molecule has 0 radical (unpaired) electrons. The number of rotatable bonds is 7. The Morgan fingerprint density at radius 2 is 2.13 bits per heavy atom. The molecule has 2 heteroatoms. The molecule has 0 amide bonds. The van der Waals surface area contributed by atoms with Gasteiger partial charge in [-0.2, -0.15) is 0 Å². The zero-order valence-corrected chi connectivity index (χ0v) is 10.6. The number of allylic oxidation sites excluding steroid dienone is 6. The number of carbonyl (C=O) groups excluding carboxylic acids is 1. The van der Waals surface area contributed by atoms with Gasteiger partial charge in [-0.15, -0.1) is 11.8 Å². The highest BCUT2D eigenvalue weighted by molar-refractivity contribution is 8.03. The van der Waals surface area contributed by atoms with Crippen LogP contribution in [0.3, 0.4) is 0 Å². The molecule has 0 saturated heterocycles. The monoisotopic (exact) mass is 224 g/mol. The van der Waals surface area contributed by atoms with E-state index in [1.165, 1.54) is 10.5 Å². The SMILES string of the molecule is C\C=C/C=C(\C=C(/C)SCCC=O)CC. The molecule has 84 valence electrons. The van der Waals surface area contributed by atoms with Crippen molar-refractivity contribution < 1.29 is 4.79 Å². The van der Waals surface area contributed by atoms with Crippen LogP contribution in [0, 0.1) is 0 Å². The Morgan fingerprint density at radius 3 is 2.67 bits per heavy atom. The first-order chi connectivity index (χ1) is 7.24. The van der Waals surface area contributed by atoms with Gasteiger partial charge in [0.1, 0.15) is 6.29 Å². The Morgan fingerprint density at radius 1 is 1.40 bits per heavy atom. The van der Waals surface area contributed by atoms with Crippen LogP contribution in [0.1, 0.15) is 33.6 Å². The summed E-state index contributed by atoms with van der Waals surface area (Å²) in [6.45, 7) is 6.25. The Bertz CT molecular complexity index is 262. The molecule has 0 aromatic rings. The van der Waals surface area contributed by atoms with Crippen LogP contribution < -0.4 is 0 Å². The molecule has 0 rings (SSSR count). The highest BCUT2D eigenvalue weighted by Gasteiger charge is 1.93. The summed E-state index contributed by atoms with van der Waals surface area (Å²) in [6.07, 6.45) is 11.0. The molecule has 0 fully saturated rings. The van der Waals surface area contributed by atoms with Crippen LogP contribution in [0.15, 0.2) is 34.8 Å². The van der Waals surface area contributed by atoms with E-state index in [9.17, 15) is 4.79 Å². The second-order valence-electron chi connectivity index (χ2n) is 3.18. The summed E-state index contributed by atoms with van der Waals surface area (Å²) in [5.74, 6) is 0.881. The van der Waals surface area contributed by atoms with Gasteiger partial charge in [-0.1, -0.05) is 25.2 Å². The second-order valence-corrected chi connectivity index (χ2v) is 4.52. The number of thioether (sulfide) groups is 1. The topological polar surface area (TPSA) is 17.1 Å². The van der Waals surface area contributed by atoms with E-state index in [4.69, 9.17) is 0 Å². The minimum atomic E-state index is 0.635. The van der Waals surface area contributed by atoms with Crippen LogP contribution in [0.4, 0.5) is 0 Å². The second kappa shape index (κ2) is 9.78. The fraction of sp³-hybridized carbons (Fsp3) is 0.462. The number of hydrogen-bond donors (Lipinski definition) is 0. The molecule has 0 aromatic heterocycles. The van der Waals surface area contributed by atoms with E-state index in [0.29, 0.717) is 6.42 Å². The van der Waals surface area contributed by atoms with Crippen LogP contribution in [-0.4, -0.2) is 12.0 Å². The van der Waals surface area contributed by atoms with Crippen molar-refractivity contribution in [3.63, 3.8) is 0 Å². The lowest BCUT2D eigenvalue weighted by Crippen LogP contribution is -1.82. The van der Waals surface area contributed by atoms with Gasteiger partial charge in [0, 0.05) is 12.2 Å². The molecule has 15 heavy (non-hydrogen) atoms. The van der Waals surface area contributed by atoms with Crippen molar-refractivity contribution in [2.75, 3.05) is 5.75 Å². The molecule has 0 unspecified atom stereocenters. The third-order valence-corrected chi connectivity index (χ3v) is 2.88.